The van der Waals surface area contributed by atoms with E-state index in [1.807, 2.05) is 42.6 Å². The van der Waals surface area contributed by atoms with E-state index in [2.05, 4.69) is 31.7 Å². The number of nitrogens with one attached hydrogen (secondary N) is 3. The lowest BCUT2D eigenvalue weighted by Gasteiger charge is -2.08. The number of fused-ring (bicyclic) bond motifs is 1. The number of para-hydroxylation sites is 1. The number of anilines is 1. The van der Waals surface area contributed by atoms with Gasteiger partial charge in [-0.25, -0.2) is 0 Å². The Bertz CT molecular complexity index is 1070. The fraction of sp³-hybridized carbons (Fsp3) is 0.136. The number of carbonyl (C=O) groups is 1. The molecule has 0 saturated carbocycles. The van der Waals surface area contributed by atoms with E-state index in [0.717, 1.165) is 23.3 Å². The third-order valence-electron chi connectivity index (χ3n) is 4.56. The van der Waals surface area contributed by atoms with E-state index in [9.17, 15) is 4.79 Å². The Morgan fingerprint density at radius 3 is 2.86 bits per heavy atom. The molecule has 3 N–H and O–H groups in total. The van der Waals surface area contributed by atoms with Crippen molar-refractivity contribution in [1.29, 1.82) is 0 Å². The number of aromatic amines is 1. The Balaban J connectivity index is 1.33. The largest absolute Gasteiger partial charge is 0.378 e. The van der Waals surface area contributed by atoms with Crippen LogP contribution in [0.15, 0.2) is 73.3 Å². The molecule has 0 unspecified atom stereocenters. The molecule has 0 radical (unpaired) electrons. The zero-order valence-corrected chi connectivity index (χ0v) is 15.4. The predicted molar refractivity (Wildman–Crippen MR) is 110 cm³/mol. The van der Waals surface area contributed by atoms with Crippen LogP contribution in [0.2, 0.25) is 0 Å². The topological polar surface area (TPSA) is 82.7 Å². The molecule has 0 bridgehead atoms. The molecule has 0 fully saturated rings. The summed E-state index contributed by atoms with van der Waals surface area (Å²) in [6, 6.07) is 15.7. The molecule has 6 heteroatoms. The average molecular weight is 371 g/mol. The van der Waals surface area contributed by atoms with Crippen LogP contribution < -0.4 is 10.6 Å². The van der Waals surface area contributed by atoms with Crippen LogP contribution in [-0.4, -0.2) is 27.4 Å². The summed E-state index contributed by atoms with van der Waals surface area (Å²) >= 11 is 0. The molecule has 6 nitrogen and oxygen atoms in total. The van der Waals surface area contributed by atoms with Crippen LogP contribution in [0.25, 0.3) is 10.9 Å². The van der Waals surface area contributed by atoms with Crippen LogP contribution in [0.1, 0.15) is 21.6 Å². The first-order chi connectivity index (χ1) is 13.8. The van der Waals surface area contributed by atoms with Crippen molar-refractivity contribution >= 4 is 22.5 Å². The zero-order valence-electron chi connectivity index (χ0n) is 15.4. The summed E-state index contributed by atoms with van der Waals surface area (Å²) in [6.45, 7) is 1.14. The highest BCUT2D eigenvalue weighted by Crippen LogP contribution is 2.17. The molecule has 0 saturated heterocycles. The van der Waals surface area contributed by atoms with E-state index in [1.165, 1.54) is 10.9 Å². The molecule has 0 aliphatic rings. The number of rotatable bonds is 7. The molecular formula is C22H21N5O. The lowest BCUT2D eigenvalue weighted by Crippen LogP contribution is -2.25. The summed E-state index contributed by atoms with van der Waals surface area (Å²) in [5.74, 6) is -0.131. The highest BCUT2D eigenvalue weighted by molar-refractivity contribution is 5.94. The number of pyridine rings is 2. The predicted octanol–water partition coefficient (Wildman–Crippen LogP) is 3.54. The Morgan fingerprint density at radius 2 is 1.96 bits per heavy atom. The van der Waals surface area contributed by atoms with Crippen molar-refractivity contribution in [3.8, 4) is 0 Å². The molecule has 0 aliphatic carbocycles. The van der Waals surface area contributed by atoms with Crippen LogP contribution >= 0.6 is 0 Å². The van der Waals surface area contributed by atoms with E-state index >= 15 is 0 Å². The van der Waals surface area contributed by atoms with Gasteiger partial charge in [-0.05, 0) is 36.2 Å². The van der Waals surface area contributed by atoms with Crippen molar-refractivity contribution in [2.75, 3.05) is 11.9 Å². The van der Waals surface area contributed by atoms with E-state index < -0.39 is 0 Å². The maximum Gasteiger partial charge on any atom is 0.252 e. The van der Waals surface area contributed by atoms with Crippen molar-refractivity contribution in [3.05, 3.63) is 90.1 Å². The Morgan fingerprint density at radius 1 is 1.07 bits per heavy atom. The summed E-state index contributed by atoms with van der Waals surface area (Å²) < 4.78 is 0. The van der Waals surface area contributed by atoms with Crippen LogP contribution in [-0.2, 0) is 13.0 Å². The van der Waals surface area contributed by atoms with Gasteiger partial charge in [0.15, 0.2) is 0 Å². The van der Waals surface area contributed by atoms with Gasteiger partial charge in [-0.15, -0.1) is 0 Å². The van der Waals surface area contributed by atoms with Crippen LogP contribution in [0.4, 0.5) is 5.69 Å². The first kappa shape index (κ1) is 17.7. The van der Waals surface area contributed by atoms with E-state index in [4.69, 9.17) is 0 Å². The standard InChI is InChI=1S/C22H21N5O/c28-22(25-10-8-16-13-27-21-7-2-1-6-20(16)21)17-11-19(14-23-12-17)26-15-18-5-3-4-9-24-18/h1-7,9,11-14,26-27H,8,10,15H2,(H,25,28). The Labute approximate surface area is 163 Å². The molecule has 3 aromatic heterocycles. The summed E-state index contributed by atoms with van der Waals surface area (Å²) in [4.78, 5) is 24.2. The molecule has 4 rings (SSSR count). The van der Waals surface area contributed by atoms with Gasteiger partial charge in [0.1, 0.15) is 0 Å². The maximum atomic E-state index is 12.5. The van der Waals surface area contributed by atoms with Crippen molar-refractivity contribution in [1.82, 2.24) is 20.3 Å². The third kappa shape index (κ3) is 4.17. The number of H-pyrrole nitrogens is 1. The van der Waals surface area contributed by atoms with Crippen LogP contribution in [0.3, 0.4) is 0 Å². The van der Waals surface area contributed by atoms with Crippen LogP contribution in [0.5, 0.6) is 0 Å². The van der Waals surface area contributed by atoms with E-state index in [1.54, 1.807) is 24.7 Å². The molecule has 0 aliphatic heterocycles. The molecule has 0 atom stereocenters. The quantitative estimate of drug-likeness (QED) is 0.464. The van der Waals surface area contributed by atoms with Gasteiger partial charge in [0.25, 0.3) is 5.91 Å². The lowest BCUT2D eigenvalue weighted by atomic mass is 10.1. The van der Waals surface area contributed by atoms with Crippen molar-refractivity contribution in [2.45, 2.75) is 13.0 Å². The number of benzene rings is 1. The van der Waals surface area contributed by atoms with Gasteiger partial charge in [0, 0.05) is 42.2 Å². The van der Waals surface area contributed by atoms with E-state index in [0.29, 0.717) is 18.7 Å². The monoisotopic (exact) mass is 371 g/mol. The minimum absolute atomic E-state index is 0.131. The lowest BCUT2D eigenvalue weighted by molar-refractivity contribution is 0.0954. The fourth-order valence-corrected chi connectivity index (χ4v) is 3.11. The summed E-state index contributed by atoms with van der Waals surface area (Å²) in [5, 5.41) is 7.41. The van der Waals surface area contributed by atoms with Gasteiger partial charge < -0.3 is 15.6 Å². The molecule has 1 amide bonds. The van der Waals surface area contributed by atoms with Crippen molar-refractivity contribution < 1.29 is 4.79 Å². The normalized spacial score (nSPS) is 10.7. The second-order valence-electron chi connectivity index (χ2n) is 6.50. The molecule has 28 heavy (non-hydrogen) atoms. The minimum Gasteiger partial charge on any atom is -0.378 e. The number of hydrogen-bond acceptors (Lipinski definition) is 4. The molecule has 140 valence electrons. The van der Waals surface area contributed by atoms with Gasteiger partial charge in [-0.2, -0.15) is 0 Å². The first-order valence-electron chi connectivity index (χ1n) is 9.21. The molecule has 1 aromatic carbocycles. The summed E-state index contributed by atoms with van der Waals surface area (Å²) in [7, 11) is 0. The van der Waals surface area contributed by atoms with E-state index in [-0.39, 0.29) is 5.91 Å². The number of aromatic nitrogens is 3. The summed E-state index contributed by atoms with van der Waals surface area (Å²) in [6.07, 6.45) is 7.80. The first-order valence-corrected chi connectivity index (χ1v) is 9.21. The Kier molecular flexibility index (Phi) is 5.29. The Hall–Kier alpha value is -3.67. The number of nitrogens with zero attached hydrogens (tertiary/aromatic N) is 2. The smallest absolute Gasteiger partial charge is 0.252 e. The maximum absolute atomic E-state index is 12.5. The van der Waals surface area contributed by atoms with Gasteiger partial charge >= 0.3 is 0 Å². The highest BCUT2D eigenvalue weighted by atomic mass is 16.1. The van der Waals surface area contributed by atoms with Crippen LogP contribution in [0, 0.1) is 0 Å². The number of amides is 1. The van der Waals surface area contributed by atoms with Crippen molar-refractivity contribution in [3.63, 3.8) is 0 Å². The fourth-order valence-electron chi connectivity index (χ4n) is 3.11. The van der Waals surface area contributed by atoms with Gasteiger partial charge in [-0.3, -0.25) is 14.8 Å². The van der Waals surface area contributed by atoms with Crippen molar-refractivity contribution in [2.24, 2.45) is 0 Å². The number of carbonyl (C=O) groups excluding carboxylic acids is 1. The molecular weight excluding hydrogens is 350 g/mol. The third-order valence-corrected chi connectivity index (χ3v) is 4.56. The highest BCUT2D eigenvalue weighted by Gasteiger charge is 2.08. The minimum atomic E-state index is -0.131. The zero-order chi connectivity index (χ0) is 19.2. The molecule has 4 aromatic rings. The van der Waals surface area contributed by atoms with Gasteiger partial charge in [0.2, 0.25) is 0 Å². The number of hydrogen-bond donors (Lipinski definition) is 3. The summed E-state index contributed by atoms with van der Waals surface area (Å²) in [5.41, 5.74) is 4.55. The molecule has 0 spiro atoms. The van der Waals surface area contributed by atoms with Gasteiger partial charge in [-0.1, -0.05) is 24.3 Å². The SMILES string of the molecule is O=C(NCCc1c[nH]c2ccccc12)c1cncc(NCc2ccccn2)c1. The second kappa shape index (κ2) is 8.35. The molecule has 3 heterocycles. The average Bonchev–Trinajstić information content (AvgIpc) is 3.16. The second-order valence-corrected chi connectivity index (χ2v) is 6.50. The van der Waals surface area contributed by atoms with Gasteiger partial charge in [0.05, 0.1) is 23.5 Å².